The molecule has 0 aromatic carbocycles. The number of rotatable bonds is 5. The number of primary amides is 1. The van der Waals surface area contributed by atoms with Crippen LogP contribution in [0.5, 0.6) is 0 Å². The van der Waals surface area contributed by atoms with Gasteiger partial charge in [0.15, 0.2) is 0 Å². The second-order valence-corrected chi connectivity index (χ2v) is 6.73. The van der Waals surface area contributed by atoms with E-state index in [1.54, 1.807) is 0 Å². The zero-order valence-corrected chi connectivity index (χ0v) is 12.6. The molecule has 4 rings (SSSR count). The van der Waals surface area contributed by atoms with E-state index in [4.69, 9.17) is 5.73 Å². The summed E-state index contributed by atoms with van der Waals surface area (Å²) in [5, 5.41) is 8.85. The molecule has 5 N–H and O–H groups in total. The summed E-state index contributed by atoms with van der Waals surface area (Å²) in [6.45, 7) is 0.622. The van der Waals surface area contributed by atoms with Gasteiger partial charge in [0, 0.05) is 18.5 Å². The van der Waals surface area contributed by atoms with Gasteiger partial charge in [0.25, 0.3) is 0 Å². The highest BCUT2D eigenvalue weighted by molar-refractivity contribution is 5.90. The Bertz CT molecular complexity index is 473. The quantitative estimate of drug-likeness (QED) is 0.522. The molecule has 3 saturated heterocycles. The molecule has 4 fully saturated rings. The number of nitrogens with one attached hydrogen (secondary N) is 3. The van der Waals surface area contributed by atoms with Crippen molar-refractivity contribution < 1.29 is 14.4 Å². The van der Waals surface area contributed by atoms with E-state index >= 15 is 0 Å². The summed E-state index contributed by atoms with van der Waals surface area (Å²) >= 11 is 0. The normalized spacial score (nSPS) is 35.0. The van der Waals surface area contributed by atoms with E-state index in [0.717, 1.165) is 25.7 Å². The van der Waals surface area contributed by atoms with Crippen LogP contribution in [0.1, 0.15) is 38.5 Å². The van der Waals surface area contributed by atoms with Gasteiger partial charge in [-0.2, -0.15) is 0 Å². The van der Waals surface area contributed by atoms with Gasteiger partial charge in [-0.05, 0) is 44.4 Å². The van der Waals surface area contributed by atoms with Crippen molar-refractivity contribution in [2.45, 2.75) is 56.7 Å². The molecule has 3 heterocycles. The van der Waals surface area contributed by atoms with E-state index in [9.17, 15) is 14.4 Å². The molecule has 3 amide bonds. The molecule has 0 unspecified atom stereocenters. The fraction of sp³-hybridized carbons (Fsp3) is 0.800. The van der Waals surface area contributed by atoms with Gasteiger partial charge in [-0.15, -0.1) is 0 Å². The number of carbonyl (C=O) groups excluding carboxylic acids is 3. The first-order chi connectivity index (χ1) is 10.5. The molecule has 3 atom stereocenters. The summed E-state index contributed by atoms with van der Waals surface area (Å²) in [7, 11) is 0. The summed E-state index contributed by atoms with van der Waals surface area (Å²) < 4.78 is 0. The standard InChI is InChI=1S/C15H24N4O3/c16-13(20)11(7-9-5-6-17-14(9)21)19-15(22)12-8-1-3-10(18-12)4-2-8/h8-12,18H,1-7H2,(H2,16,20)(H,17,21)(H,19,22)/t8?,9-,10?,11-,12+/m0/s1. The van der Waals surface area contributed by atoms with E-state index in [1.807, 2.05) is 0 Å². The summed E-state index contributed by atoms with van der Waals surface area (Å²) in [5.74, 6) is -0.692. The lowest BCUT2D eigenvalue weighted by Crippen LogP contribution is -2.61. The fourth-order valence-corrected chi connectivity index (χ4v) is 3.96. The van der Waals surface area contributed by atoms with Crippen LogP contribution >= 0.6 is 0 Å². The van der Waals surface area contributed by atoms with Crippen LogP contribution in [0.15, 0.2) is 0 Å². The number of nitrogens with two attached hydrogens (primary N) is 1. The summed E-state index contributed by atoms with van der Waals surface area (Å²) in [4.78, 5) is 35.7. The third-order valence-electron chi connectivity index (χ3n) is 5.28. The summed E-state index contributed by atoms with van der Waals surface area (Å²) in [5.41, 5.74) is 5.41. The average molecular weight is 308 g/mol. The SMILES string of the molecule is NC(=O)[C@H](C[C@@H]1CCNC1=O)NC(=O)[C@@H]1NC2CCC1CC2. The second-order valence-electron chi connectivity index (χ2n) is 6.73. The topological polar surface area (TPSA) is 113 Å². The minimum Gasteiger partial charge on any atom is -0.368 e. The Morgan fingerprint density at radius 2 is 1.95 bits per heavy atom. The number of carbonyl (C=O) groups is 3. The molecule has 22 heavy (non-hydrogen) atoms. The molecule has 0 spiro atoms. The van der Waals surface area contributed by atoms with Gasteiger partial charge in [-0.3, -0.25) is 14.4 Å². The minimum atomic E-state index is -0.774. The number of hydrogen-bond acceptors (Lipinski definition) is 4. The maximum atomic E-state index is 12.5. The zero-order chi connectivity index (χ0) is 15.7. The monoisotopic (exact) mass is 308 g/mol. The van der Waals surface area contributed by atoms with Gasteiger partial charge in [-0.1, -0.05) is 0 Å². The number of amides is 3. The predicted octanol–water partition coefficient (Wildman–Crippen LogP) is -0.987. The summed E-state index contributed by atoms with van der Waals surface area (Å²) in [6.07, 6.45) is 5.33. The number of hydrogen-bond donors (Lipinski definition) is 4. The molecular weight excluding hydrogens is 284 g/mol. The lowest BCUT2D eigenvalue weighted by atomic mass is 9.76. The van der Waals surface area contributed by atoms with Gasteiger partial charge >= 0.3 is 0 Å². The molecule has 1 aliphatic carbocycles. The number of piperidine rings is 2. The van der Waals surface area contributed by atoms with Gasteiger partial charge in [0.2, 0.25) is 17.7 Å². The van der Waals surface area contributed by atoms with Crippen LogP contribution < -0.4 is 21.7 Å². The van der Waals surface area contributed by atoms with Gasteiger partial charge in [-0.25, -0.2) is 0 Å². The van der Waals surface area contributed by atoms with Crippen LogP contribution in [0, 0.1) is 11.8 Å². The highest BCUT2D eigenvalue weighted by Crippen LogP contribution is 2.33. The van der Waals surface area contributed by atoms with E-state index in [-0.39, 0.29) is 30.2 Å². The van der Waals surface area contributed by atoms with E-state index in [2.05, 4.69) is 16.0 Å². The van der Waals surface area contributed by atoms with Crippen molar-refractivity contribution >= 4 is 17.7 Å². The second kappa shape index (κ2) is 6.24. The maximum absolute atomic E-state index is 12.5. The Kier molecular flexibility index (Phi) is 4.33. The van der Waals surface area contributed by atoms with Crippen molar-refractivity contribution in [3.05, 3.63) is 0 Å². The zero-order valence-electron chi connectivity index (χ0n) is 12.6. The van der Waals surface area contributed by atoms with E-state index in [1.165, 1.54) is 0 Å². The van der Waals surface area contributed by atoms with Crippen molar-refractivity contribution in [3.63, 3.8) is 0 Å². The first-order valence-electron chi connectivity index (χ1n) is 8.18. The molecule has 4 aliphatic rings. The molecule has 1 saturated carbocycles. The molecule has 0 aromatic rings. The van der Waals surface area contributed by atoms with Crippen molar-refractivity contribution in [2.75, 3.05) is 6.54 Å². The van der Waals surface area contributed by atoms with Gasteiger partial charge in [0.1, 0.15) is 6.04 Å². The third kappa shape index (κ3) is 3.09. The first kappa shape index (κ1) is 15.3. The van der Waals surface area contributed by atoms with Gasteiger partial charge < -0.3 is 21.7 Å². The maximum Gasteiger partial charge on any atom is 0.240 e. The van der Waals surface area contributed by atoms with Crippen molar-refractivity contribution in [1.29, 1.82) is 0 Å². The first-order valence-corrected chi connectivity index (χ1v) is 8.18. The molecule has 0 aromatic heterocycles. The average Bonchev–Trinajstić information content (AvgIpc) is 2.92. The lowest BCUT2D eigenvalue weighted by Gasteiger charge is -2.42. The number of fused-ring (bicyclic) bond motifs is 3. The van der Waals surface area contributed by atoms with E-state index in [0.29, 0.717) is 24.9 Å². The van der Waals surface area contributed by atoms with Crippen LogP contribution in [-0.2, 0) is 14.4 Å². The Hall–Kier alpha value is -1.63. The largest absolute Gasteiger partial charge is 0.368 e. The van der Waals surface area contributed by atoms with Crippen LogP contribution in [-0.4, -0.2) is 42.4 Å². The lowest BCUT2D eigenvalue weighted by molar-refractivity contribution is -0.132. The Morgan fingerprint density at radius 1 is 1.23 bits per heavy atom. The Morgan fingerprint density at radius 3 is 2.45 bits per heavy atom. The Balaban J connectivity index is 1.59. The smallest absolute Gasteiger partial charge is 0.240 e. The molecule has 0 radical (unpaired) electrons. The third-order valence-corrected chi connectivity index (χ3v) is 5.28. The minimum absolute atomic E-state index is 0.0599. The Labute approximate surface area is 129 Å². The highest BCUT2D eigenvalue weighted by Gasteiger charge is 2.40. The van der Waals surface area contributed by atoms with Crippen molar-refractivity contribution in [1.82, 2.24) is 16.0 Å². The molecule has 7 nitrogen and oxygen atoms in total. The van der Waals surface area contributed by atoms with Crippen LogP contribution in [0.4, 0.5) is 0 Å². The van der Waals surface area contributed by atoms with Crippen LogP contribution in [0.25, 0.3) is 0 Å². The molecule has 2 bridgehead atoms. The van der Waals surface area contributed by atoms with Crippen molar-refractivity contribution in [3.8, 4) is 0 Å². The van der Waals surface area contributed by atoms with Gasteiger partial charge in [0.05, 0.1) is 6.04 Å². The molecule has 3 aliphatic heterocycles. The van der Waals surface area contributed by atoms with Crippen molar-refractivity contribution in [2.24, 2.45) is 17.6 Å². The molecule has 7 heteroatoms. The molecular formula is C15H24N4O3. The van der Waals surface area contributed by atoms with Crippen LogP contribution in [0.2, 0.25) is 0 Å². The fourth-order valence-electron chi connectivity index (χ4n) is 3.96. The van der Waals surface area contributed by atoms with E-state index < -0.39 is 11.9 Å². The molecule has 122 valence electrons. The van der Waals surface area contributed by atoms with Crippen LogP contribution in [0.3, 0.4) is 0 Å². The summed E-state index contributed by atoms with van der Waals surface area (Å²) in [6, 6.07) is -0.594. The predicted molar refractivity (Wildman–Crippen MR) is 79.5 cm³/mol. The highest BCUT2D eigenvalue weighted by atomic mass is 16.2.